The highest BCUT2D eigenvalue weighted by atomic mass is 16.2. The van der Waals surface area contributed by atoms with Crippen LogP contribution in [0, 0.1) is 0 Å². The number of nitrogens with two attached hydrogens (primary N) is 1. The predicted octanol–water partition coefficient (Wildman–Crippen LogP) is 3.10. The van der Waals surface area contributed by atoms with Gasteiger partial charge in [-0.25, -0.2) is 0 Å². The van der Waals surface area contributed by atoms with Crippen molar-refractivity contribution in [3.05, 3.63) is 90.5 Å². The molecule has 0 spiro atoms. The largest absolute Gasteiger partial charge is 0.327 e. The highest BCUT2D eigenvalue weighted by Gasteiger charge is 2.35. The predicted molar refractivity (Wildman–Crippen MR) is 119 cm³/mol. The van der Waals surface area contributed by atoms with Crippen LogP contribution in [0.5, 0.6) is 0 Å². The standard InChI is InChI=1S/C25H25N3O2/c26-16-24(29)28-18-25(30)27(17-23(28)14-19-8-3-1-4-9-19)22-13-7-12-21(15-22)20-10-5-2-6-11-20/h1-13,15,23H,14,16-18,26H2/t23-/m1/s1. The Morgan fingerprint density at radius 2 is 1.57 bits per heavy atom. The lowest BCUT2D eigenvalue weighted by molar-refractivity contribution is -0.138. The molecule has 1 aliphatic heterocycles. The van der Waals surface area contributed by atoms with Gasteiger partial charge in [-0.2, -0.15) is 0 Å². The van der Waals surface area contributed by atoms with Crippen LogP contribution in [0.25, 0.3) is 11.1 Å². The van der Waals surface area contributed by atoms with E-state index in [0.717, 1.165) is 22.4 Å². The fourth-order valence-electron chi connectivity index (χ4n) is 3.97. The second-order valence-electron chi connectivity index (χ2n) is 7.49. The first-order valence-electron chi connectivity index (χ1n) is 10.1. The molecule has 4 rings (SSSR count). The molecule has 1 heterocycles. The Labute approximate surface area is 176 Å². The van der Waals surface area contributed by atoms with E-state index in [1.807, 2.05) is 72.8 Å². The van der Waals surface area contributed by atoms with Gasteiger partial charge in [0.1, 0.15) is 6.54 Å². The highest BCUT2D eigenvalue weighted by molar-refractivity contribution is 5.99. The summed E-state index contributed by atoms with van der Waals surface area (Å²) >= 11 is 0. The fourth-order valence-corrected chi connectivity index (χ4v) is 3.97. The summed E-state index contributed by atoms with van der Waals surface area (Å²) in [6.07, 6.45) is 0.675. The topological polar surface area (TPSA) is 66.6 Å². The van der Waals surface area contributed by atoms with Crippen LogP contribution >= 0.6 is 0 Å². The van der Waals surface area contributed by atoms with Gasteiger partial charge >= 0.3 is 0 Å². The van der Waals surface area contributed by atoms with Gasteiger partial charge in [0.15, 0.2) is 0 Å². The molecular weight excluding hydrogens is 374 g/mol. The number of amides is 2. The number of hydrogen-bond acceptors (Lipinski definition) is 3. The number of rotatable bonds is 5. The van der Waals surface area contributed by atoms with Crippen LogP contribution in [-0.4, -0.2) is 42.4 Å². The van der Waals surface area contributed by atoms with E-state index in [-0.39, 0.29) is 30.9 Å². The monoisotopic (exact) mass is 399 g/mol. The molecule has 3 aromatic rings. The molecule has 0 radical (unpaired) electrons. The molecular formula is C25H25N3O2. The highest BCUT2D eigenvalue weighted by Crippen LogP contribution is 2.27. The van der Waals surface area contributed by atoms with Crippen molar-refractivity contribution in [3.8, 4) is 11.1 Å². The summed E-state index contributed by atoms with van der Waals surface area (Å²) in [5.74, 6) is -0.284. The molecule has 0 aromatic heterocycles. The van der Waals surface area contributed by atoms with Crippen molar-refractivity contribution >= 4 is 17.5 Å². The Morgan fingerprint density at radius 1 is 0.900 bits per heavy atom. The number of anilines is 1. The van der Waals surface area contributed by atoms with E-state index in [2.05, 4.69) is 12.1 Å². The van der Waals surface area contributed by atoms with Crippen molar-refractivity contribution in [3.63, 3.8) is 0 Å². The van der Waals surface area contributed by atoms with Gasteiger partial charge in [0.25, 0.3) is 0 Å². The van der Waals surface area contributed by atoms with Crippen LogP contribution in [0.2, 0.25) is 0 Å². The van der Waals surface area contributed by atoms with Crippen LogP contribution in [0.1, 0.15) is 5.56 Å². The first kappa shape index (κ1) is 19.9. The van der Waals surface area contributed by atoms with Crippen molar-refractivity contribution in [1.82, 2.24) is 4.90 Å². The Morgan fingerprint density at radius 3 is 2.27 bits per heavy atom. The first-order valence-corrected chi connectivity index (χ1v) is 10.1. The van der Waals surface area contributed by atoms with E-state index in [4.69, 9.17) is 5.73 Å². The molecule has 0 unspecified atom stereocenters. The van der Waals surface area contributed by atoms with E-state index in [1.165, 1.54) is 0 Å². The second kappa shape index (κ2) is 8.93. The van der Waals surface area contributed by atoms with E-state index in [9.17, 15) is 9.59 Å². The van der Waals surface area contributed by atoms with Crippen molar-refractivity contribution in [1.29, 1.82) is 0 Å². The third-order valence-electron chi connectivity index (χ3n) is 5.51. The average molecular weight is 399 g/mol. The number of carbonyl (C=O) groups excluding carboxylic acids is 2. The fraction of sp³-hybridized carbons (Fsp3) is 0.200. The molecule has 1 fully saturated rings. The molecule has 1 saturated heterocycles. The van der Waals surface area contributed by atoms with Crippen molar-refractivity contribution in [2.45, 2.75) is 12.5 Å². The molecule has 2 amide bonds. The van der Waals surface area contributed by atoms with Gasteiger partial charge in [-0.3, -0.25) is 9.59 Å². The van der Waals surface area contributed by atoms with Crippen LogP contribution in [0.15, 0.2) is 84.9 Å². The molecule has 3 aromatic carbocycles. The SMILES string of the molecule is NCC(=O)N1CC(=O)N(c2cccc(-c3ccccc3)c2)C[C@H]1Cc1ccccc1. The van der Waals surface area contributed by atoms with E-state index >= 15 is 0 Å². The minimum atomic E-state index is -0.193. The zero-order valence-corrected chi connectivity index (χ0v) is 16.8. The molecule has 5 nitrogen and oxygen atoms in total. The maximum absolute atomic E-state index is 13.0. The third kappa shape index (κ3) is 4.26. The van der Waals surface area contributed by atoms with Gasteiger partial charge in [0.2, 0.25) is 11.8 Å². The molecule has 0 bridgehead atoms. The molecule has 0 aliphatic carbocycles. The summed E-state index contributed by atoms with van der Waals surface area (Å²) < 4.78 is 0. The maximum Gasteiger partial charge on any atom is 0.246 e. The Kier molecular flexibility index (Phi) is 5.91. The van der Waals surface area contributed by atoms with Gasteiger partial charge in [0, 0.05) is 12.2 Å². The lowest BCUT2D eigenvalue weighted by Gasteiger charge is -2.41. The normalized spacial score (nSPS) is 16.6. The lowest BCUT2D eigenvalue weighted by Crippen LogP contribution is -2.60. The van der Waals surface area contributed by atoms with Crippen molar-refractivity contribution in [2.75, 3.05) is 24.5 Å². The zero-order valence-electron chi connectivity index (χ0n) is 16.8. The van der Waals surface area contributed by atoms with Gasteiger partial charge in [-0.1, -0.05) is 72.8 Å². The van der Waals surface area contributed by atoms with Crippen molar-refractivity contribution in [2.24, 2.45) is 5.73 Å². The minimum Gasteiger partial charge on any atom is -0.327 e. The van der Waals surface area contributed by atoms with Gasteiger partial charge < -0.3 is 15.5 Å². The van der Waals surface area contributed by atoms with Crippen LogP contribution < -0.4 is 10.6 Å². The molecule has 0 saturated carbocycles. The maximum atomic E-state index is 13.0. The number of hydrogen-bond donors (Lipinski definition) is 1. The zero-order chi connectivity index (χ0) is 20.9. The van der Waals surface area contributed by atoms with Gasteiger partial charge in [-0.05, 0) is 35.2 Å². The van der Waals surface area contributed by atoms with Crippen LogP contribution in [-0.2, 0) is 16.0 Å². The first-order chi connectivity index (χ1) is 14.7. The Hall–Kier alpha value is -3.44. The average Bonchev–Trinajstić information content (AvgIpc) is 2.81. The second-order valence-corrected chi connectivity index (χ2v) is 7.49. The number of benzene rings is 3. The lowest BCUT2D eigenvalue weighted by atomic mass is 10.00. The summed E-state index contributed by atoms with van der Waals surface area (Å²) in [5, 5.41) is 0. The molecule has 2 N–H and O–H groups in total. The summed E-state index contributed by atoms with van der Waals surface area (Å²) in [4.78, 5) is 28.8. The summed E-state index contributed by atoms with van der Waals surface area (Å²) in [5.41, 5.74) is 9.75. The van der Waals surface area contributed by atoms with Crippen molar-refractivity contribution < 1.29 is 9.59 Å². The van der Waals surface area contributed by atoms with Crippen LogP contribution in [0.3, 0.4) is 0 Å². The van der Waals surface area contributed by atoms with E-state index < -0.39 is 0 Å². The minimum absolute atomic E-state index is 0.0447. The quantitative estimate of drug-likeness (QED) is 0.717. The smallest absolute Gasteiger partial charge is 0.246 e. The third-order valence-corrected chi connectivity index (χ3v) is 5.51. The Bertz CT molecular complexity index is 1020. The number of piperazine rings is 1. The number of carbonyl (C=O) groups is 2. The molecule has 1 atom stereocenters. The summed E-state index contributed by atoms with van der Waals surface area (Å²) in [7, 11) is 0. The summed E-state index contributed by atoms with van der Waals surface area (Å²) in [6, 6.07) is 28.0. The van der Waals surface area contributed by atoms with E-state index in [0.29, 0.717) is 13.0 Å². The molecule has 1 aliphatic rings. The Balaban J connectivity index is 1.62. The molecule has 30 heavy (non-hydrogen) atoms. The number of nitrogens with zero attached hydrogens (tertiary/aromatic N) is 2. The van der Waals surface area contributed by atoms with Crippen LogP contribution in [0.4, 0.5) is 5.69 Å². The molecule has 5 heteroatoms. The summed E-state index contributed by atoms with van der Waals surface area (Å²) in [6.45, 7) is 0.392. The molecule has 152 valence electrons. The van der Waals surface area contributed by atoms with Gasteiger partial charge in [-0.15, -0.1) is 0 Å². The van der Waals surface area contributed by atoms with E-state index in [1.54, 1.807) is 9.80 Å². The van der Waals surface area contributed by atoms with Gasteiger partial charge in [0.05, 0.1) is 12.6 Å².